The first-order chi connectivity index (χ1) is 11.4. The Morgan fingerprint density at radius 2 is 1.67 bits per heavy atom. The van der Waals surface area contributed by atoms with Crippen LogP contribution in [0.4, 0.5) is 4.39 Å². The van der Waals surface area contributed by atoms with E-state index >= 15 is 0 Å². The predicted molar refractivity (Wildman–Crippen MR) is 85.7 cm³/mol. The topological polar surface area (TPSA) is 95.1 Å². The van der Waals surface area contributed by atoms with Gasteiger partial charge in [-0.15, -0.1) is 0 Å². The molecule has 0 atom stereocenters. The average Bonchev–Trinajstić information content (AvgIpc) is 2.99. The summed E-state index contributed by atoms with van der Waals surface area (Å²) in [7, 11) is -3.80. The molecule has 0 radical (unpaired) electrons. The molecule has 3 rings (SSSR count). The summed E-state index contributed by atoms with van der Waals surface area (Å²) in [6, 6.07) is 13.0. The monoisotopic (exact) mass is 345 g/mol. The fourth-order valence-corrected chi connectivity index (χ4v) is 2.77. The van der Waals surface area contributed by atoms with Crippen molar-refractivity contribution in [2.45, 2.75) is 4.90 Å². The zero-order valence-corrected chi connectivity index (χ0v) is 13.1. The van der Waals surface area contributed by atoms with Crippen molar-refractivity contribution in [3.63, 3.8) is 0 Å². The van der Waals surface area contributed by atoms with Crippen LogP contribution in [-0.4, -0.2) is 24.5 Å². The van der Waals surface area contributed by atoms with Gasteiger partial charge >= 0.3 is 0 Å². The van der Waals surface area contributed by atoms with Crippen molar-refractivity contribution in [1.82, 2.24) is 9.78 Å². The number of carbonyl (C=O) groups excluding carboxylic acids is 1. The lowest BCUT2D eigenvalue weighted by molar-refractivity contribution is 0.111. The van der Waals surface area contributed by atoms with E-state index in [1.165, 1.54) is 41.1 Å². The third-order valence-electron chi connectivity index (χ3n) is 3.40. The number of primary sulfonamides is 1. The molecule has 1 heterocycles. The first-order valence-electron chi connectivity index (χ1n) is 6.83. The highest BCUT2D eigenvalue weighted by atomic mass is 32.2. The van der Waals surface area contributed by atoms with Crippen molar-refractivity contribution in [3.05, 3.63) is 66.1 Å². The molecular formula is C16H12FN3O3S. The lowest BCUT2D eigenvalue weighted by Crippen LogP contribution is -2.12. The van der Waals surface area contributed by atoms with Gasteiger partial charge in [0.05, 0.1) is 16.3 Å². The number of benzene rings is 2. The SMILES string of the molecule is NS(=O)(=O)c1ccc(-n2nc(C=O)cc2-c2ccc(F)cc2)cc1. The summed E-state index contributed by atoms with van der Waals surface area (Å²) in [5, 5.41) is 9.24. The standard InChI is InChI=1S/C16H12FN3O3S/c17-12-3-1-11(2-4-12)16-9-13(10-21)19-20(16)14-5-7-15(8-6-14)24(18,22)23/h1-10H,(H2,18,22,23). The number of rotatable bonds is 4. The van der Waals surface area contributed by atoms with Crippen LogP contribution in [0.1, 0.15) is 10.5 Å². The minimum atomic E-state index is -3.80. The number of halogens is 1. The van der Waals surface area contributed by atoms with E-state index < -0.39 is 10.0 Å². The molecule has 3 aromatic rings. The molecule has 0 saturated heterocycles. The Morgan fingerprint density at radius 3 is 2.21 bits per heavy atom. The molecular weight excluding hydrogens is 333 g/mol. The van der Waals surface area contributed by atoms with Gasteiger partial charge in [0.15, 0.2) is 6.29 Å². The largest absolute Gasteiger partial charge is 0.296 e. The van der Waals surface area contributed by atoms with Crippen molar-refractivity contribution in [3.8, 4) is 16.9 Å². The Morgan fingerprint density at radius 1 is 1.04 bits per heavy atom. The molecule has 0 saturated carbocycles. The van der Waals surface area contributed by atoms with Crippen molar-refractivity contribution >= 4 is 16.3 Å². The van der Waals surface area contributed by atoms with Crippen LogP contribution < -0.4 is 5.14 Å². The highest BCUT2D eigenvalue weighted by molar-refractivity contribution is 7.89. The van der Waals surface area contributed by atoms with Crippen LogP contribution in [-0.2, 0) is 10.0 Å². The molecule has 0 aliphatic heterocycles. The summed E-state index contributed by atoms with van der Waals surface area (Å²) in [6.45, 7) is 0. The molecule has 2 aromatic carbocycles. The smallest absolute Gasteiger partial charge is 0.238 e. The third kappa shape index (κ3) is 3.10. The molecule has 6 nitrogen and oxygen atoms in total. The quantitative estimate of drug-likeness (QED) is 0.733. The third-order valence-corrected chi connectivity index (χ3v) is 4.33. The summed E-state index contributed by atoms with van der Waals surface area (Å²) in [5.74, 6) is -0.377. The second-order valence-corrected chi connectivity index (χ2v) is 6.59. The average molecular weight is 345 g/mol. The molecule has 0 bridgehead atoms. The van der Waals surface area contributed by atoms with Crippen LogP contribution in [0.2, 0.25) is 0 Å². The van der Waals surface area contributed by atoms with Gasteiger partial charge in [-0.2, -0.15) is 5.10 Å². The molecule has 122 valence electrons. The highest BCUT2D eigenvalue weighted by Crippen LogP contribution is 2.24. The molecule has 2 N–H and O–H groups in total. The highest BCUT2D eigenvalue weighted by Gasteiger charge is 2.13. The van der Waals surface area contributed by atoms with Crippen LogP contribution in [0, 0.1) is 5.82 Å². The molecule has 0 aliphatic rings. The van der Waals surface area contributed by atoms with E-state index in [9.17, 15) is 17.6 Å². The van der Waals surface area contributed by atoms with Gasteiger partial charge in [0.2, 0.25) is 10.0 Å². The van der Waals surface area contributed by atoms with E-state index in [1.54, 1.807) is 18.2 Å². The molecule has 0 unspecified atom stereocenters. The summed E-state index contributed by atoms with van der Waals surface area (Å²) in [6.07, 6.45) is 0.599. The normalized spacial score (nSPS) is 11.4. The van der Waals surface area contributed by atoms with E-state index in [4.69, 9.17) is 5.14 Å². The van der Waals surface area contributed by atoms with E-state index in [0.29, 0.717) is 23.2 Å². The molecule has 8 heteroatoms. The molecule has 0 fully saturated rings. The minimum absolute atomic E-state index is 0.0302. The second-order valence-electron chi connectivity index (χ2n) is 5.03. The summed E-state index contributed by atoms with van der Waals surface area (Å²) >= 11 is 0. The maximum Gasteiger partial charge on any atom is 0.238 e. The van der Waals surface area contributed by atoms with E-state index in [0.717, 1.165) is 0 Å². The first kappa shape index (κ1) is 16.0. The zero-order valence-electron chi connectivity index (χ0n) is 12.3. The van der Waals surface area contributed by atoms with Gasteiger partial charge in [-0.3, -0.25) is 4.79 Å². The fourth-order valence-electron chi connectivity index (χ4n) is 2.26. The molecule has 24 heavy (non-hydrogen) atoms. The first-order valence-corrected chi connectivity index (χ1v) is 8.37. The van der Waals surface area contributed by atoms with Crippen LogP contribution >= 0.6 is 0 Å². The molecule has 0 aliphatic carbocycles. The fraction of sp³-hybridized carbons (Fsp3) is 0. The lowest BCUT2D eigenvalue weighted by Gasteiger charge is -2.08. The number of carbonyl (C=O) groups is 1. The van der Waals surface area contributed by atoms with Gasteiger partial charge in [0, 0.05) is 5.56 Å². The van der Waals surface area contributed by atoms with Gasteiger partial charge in [-0.1, -0.05) is 0 Å². The Labute approximate surface area is 137 Å². The number of hydrogen-bond acceptors (Lipinski definition) is 4. The number of sulfonamides is 1. The number of nitrogens with zero attached hydrogens (tertiary/aromatic N) is 2. The van der Waals surface area contributed by atoms with E-state index in [2.05, 4.69) is 5.10 Å². The number of aromatic nitrogens is 2. The van der Waals surface area contributed by atoms with Crippen molar-refractivity contribution in [2.75, 3.05) is 0 Å². The van der Waals surface area contributed by atoms with Gasteiger partial charge in [-0.05, 0) is 54.6 Å². The minimum Gasteiger partial charge on any atom is -0.296 e. The van der Waals surface area contributed by atoms with Crippen LogP contribution in [0.15, 0.2) is 59.5 Å². The van der Waals surface area contributed by atoms with Crippen LogP contribution in [0.3, 0.4) is 0 Å². The van der Waals surface area contributed by atoms with Gasteiger partial charge in [0.1, 0.15) is 11.5 Å². The predicted octanol–water partition coefficient (Wildman–Crippen LogP) is 2.14. The molecule has 0 spiro atoms. The van der Waals surface area contributed by atoms with Crippen molar-refractivity contribution < 1.29 is 17.6 Å². The lowest BCUT2D eigenvalue weighted by atomic mass is 10.1. The van der Waals surface area contributed by atoms with Gasteiger partial charge < -0.3 is 0 Å². The number of nitrogens with two attached hydrogens (primary N) is 1. The number of hydrogen-bond donors (Lipinski definition) is 1. The Hall–Kier alpha value is -2.84. The van der Waals surface area contributed by atoms with Gasteiger partial charge in [-0.25, -0.2) is 22.6 Å². The maximum atomic E-state index is 13.1. The summed E-state index contributed by atoms with van der Waals surface area (Å²) in [4.78, 5) is 11.0. The van der Waals surface area contributed by atoms with Crippen molar-refractivity contribution in [1.29, 1.82) is 0 Å². The maximum absolute atomic E-state index is 13.1. The summed E-state index contributed by atoms with van der Waals surface area (Å²) < 4.78 is 37.2. The zero-order chi connectivity index (χ0) is 17.3. The summed E-state index contributed by atoms with van der Waals surface area (Å²) in [5.41, 5.74) is 1.97. The molecule has 0 amide bonds. The Balaban J connectivity index is 2.12. The Kier molecular flexibility index (Phi) is 4.00. The van der Waals surface area contributed by atoms with Gasteiger partial charge in [0.25, 0.3) is 0 Å². The number of aldehydes is 1. The second kappa shape index (κ2) is 5.99. The Bertz CT molecular complexity index is 994. The van der Waals surface area contributed by atoms with Crippen LogP contribution in [0.25, 0.3) is 16.9 Å². The van der Waals surface area contributed by atoms with Crippen LogP contribution in [0.5, 0.6) is 0 Å². The van der Waals surface area contributed by atoms with E-state index in [1.807, 2.05) is 0 Å². The van der Waals surface area contributed by atoms with Crippen molar-refractivity contribution in [2.24, 2.45) is 5.14 Å². The molecule has 1 aromatic heterocycles. The van der Waals surface area contributed by atoms with E-state index in [-0.39, 0.29) is 16.4 Å².